The lowest BCUT2D eigenvalue weighted by Gasteiger charge is -2.36. The van der Waals surface area contributed by atoms with E-state index in [4.69, 9.17) is 4.74 Å². The topological polar surface area (TPSA) is 102 Å². The standard InChI is InChI=1S/C20H25N3O5/c1-2-28-20(27)23-11-9-14(12-17(23)19(25)26)6-5-10-22-16-8-4-3-7-15(16)21-13-18(22)24/h3-4,7-8,13-14,17H,2,5-6,9-12H2,1H3,(H,25,26). The molecule has 8 heteroatoms. The van der Waals surface area contributed by atoms with Crippen molar-refractivity contribution in [2.24, 2.45) is 5.92 Å². The average molecular weight is 387 g/mol. The Kier molecular flexibility index (Phi) is 6.28. The van der Waals surface area contributed by atoms with Crippen LogP contribution in [0.5, 0.6) is 0 Å². The van der Waals surface area contributed by atoms with Crippen molar-refractivity contribution in [2.75, 3.05) is 13.2 Å². The molecule has 1 saturated heterocycles. The number of ether oxygens (including phenoxy) is 1. The summed E-state index contributed by atoms with van der Waals surface area (Å²) < 4.78 is 6.68. The number of aryl methyl sites for hydroxylation is 1. The summed E-state index contributed by atoms with van der Waals surface area (Å²) in [5, 5.41) is 9.50. The molecular weight excluding hydrogens is 362 g/mol. The summed E-state index contributed by atoms with van der Waals surface area (Å²) >= 11 is 0. The molecule has 150 valence electrons. The third kappa shape index (κ3) is 4.32. The third-order valence-electron chi connectivity index (χ3n) is 5.25. The largest absolute Gasteiger partial charge is 0.480 e. The van der Waals surface area contributed by atoms with Crippen molar-refractivity contribution < 1.29 is 19.4 Å². The Morgan fingerprint density at radius 2 is 2.11 bits per heavy atom. The van der Waals surface area contributed by atoms with Gasteiger partial charge in [-0.1, -0.05) is 12.1 Å². The van der Waals surface area contributed by atoms with Crippen LogP contribution in [0.4, 0.5) is 4.79 Å². The highest BCUT2D eigenvalue weighted by molar-refractivity contribution is 5.80. The maximum Gasteiger partial charge on any atom is 0.410 e. The Hall–Kier alpha value is -2.90. The number of rotatable bonds is 6. The first-order valence-corrected chi connectivity index (χ1v) is 9.62. The minimum atomic E-state index is -1.01. The van der Waals surface area contributed by atoms with E-state index in [1.54, 1.807) is 11.5 Å². The van der Waals surface area contributed by atoms with Gasteiger partial charge in [-0.25, -0.2) is 14.6 Å². The van der Waals surface area contributed by atoms with Gasteiger partial charge in [-0.05, 0) is 50.7 Å². The van der Waals surface area contributed by atoms with Crippen molar-refractivity contribution in [3.8, 4) is 0 Å². The van der Waals surface area contributed by atoms with E-state index in [2.05, 4.69) is 4.98 Å². The van der Waals surface area contributed by atoms with Gasteiger partial charge in [-0.15, -0.1) is 0 Å². The quantitative estimate of drug-likeness (QED) is 0.817. The number of carbonyl (C=O) groups excluding carboxylic acids is 1. The second kappa shape index (κ2) is 8.86. The maximum atomic E-state index is 12.2. The number of hydrogen-bond acceptors (Lipinski definition) is 5. The predicted molar refractivity (Wildman–Crippen MR) is 103 cm³/mol. The molecule has 0 bridgehead atoms. The van der Waals surface area contributed by atoms with E-state index in [9.17, 15) is 19.5 Å². The molecule has 2 atom stereocenters. The van der Waals surface area contributed by atoms with Crippen LogP contribution in [0, 0.1) is 5.92 Å². The van der Waals surface area contributed by atoms with E-state index >= 15 is 0 Å². The van der Waals surface area contributed by atoms with Crippen molar-refractivity contribution in [1.82, 2.24) is 14.5 Å². The number of aromatic nitrogens is 2. The molecule has 0 aliphatic carbocycles. The first kappa shape index (κ1) is 19.9. The van der Waals surface area contributed by atoms with E-state index < -0.39 is 18.1 Å². The molecule has 0 radical (unpaired) electrons. The van der Waals surface area contributed by atoms with Crippen molar-refractivity contribution in [2.45, 2.75) is 45.2 Å². The van der Waals surface area contributed by atoms with Crippen LogP contribution in [0.15, 0.2) is 35.3 Å². The molecule has 1 aromatic carbocycles. The lowest BCUT2D eigenvalue weighted by Crippen LogP contribution is -2.50. The van der Waals surface area contributed by atoms with Crippen LogP contribution in [-0.4, -0.2) is 50.8 Å². The van der Waals surface area contributed by atoms with E-state index in [1.807, 2.05) is 24.3 Å². The fraction of sp³-hybridized carbons (Fsp3) is 0.500. The highest BCUT2D eigenvalue weighted by atomic mass is 16.6. The van der Waals surface area contributed by atoms with Gasteiger partial charge in [0.25, 0.3) is 5.56 Å². The molecule has 2 unspecified atom stereocenters. The van der Waals surface area contributed by atoms with E-state index in [0.717, 1.165) is 30.3 Å². The number of fused-ring (bicyclic) bond motifs is 1. The molecular formula is C20H25N3O5. The molecule has 1 aliphatic heterocycles. The van der Waals surface area contributed by atoms with Gasteiger partial charge in [-0.2, -0.15) is 0 Å². The van der Waals surface area contributed by atoms with Gasteiger partial charge in [0.2, 0.25) is 0 Å². The summed E-state index contributed by atoms with van der Waals surface area (Å²) in [7, 11) is 0. The molecule has 1 amide bonds. The number of para-hydroxylation sites is 2. The minimum Gasteiger partial charge on any atom is -0.480 e. The zero-order chi connectivity index (χ0) is 20.1. The molecule has 1 fully saturated rings. The maximum absolute atomic E-state index is 12.2. The molecule has 1 N–H and O–H groups in total. The zero-order valence-corrected chi connectivity index (χ0v) is 15.9. The number of piperidine rings is 1. The van der Waals surface area contributed by atoms with Gasteiger partial charge in [0.15, 0.2) is 0 Å². The molecule has 1 aliphatic rings. The predicted octanol–water partition coefficient (Wildman–Crippen LogP) is 2.50. The van der Waals surface area contributed by atoms with Crippen LogP contribution in [0.2, 0.25) is 0 Å². The summed E-state index contributed by atoms with van der Waals surface area (Å²) in [6, 6.07) is 6.65. The van der Waals surface area contributed by atoms with Crippen LogP contribution in [0.1, 0.15) is 32.6 Å². The van der Waals surface area contributed by atoms with Crippen molar-refractivity contribution >= 4 is 23.1 Å². The molecule has 1 aromatic heterocycles. The number of benzene rings is 1. The van der Waals surface area contributed by atoms with Crippen molar-refractivity contribution in [3.63, 3.8) is 0 Å². The molecule has 0 saturated carbocycles. The highest BCUT2D eigenvalue weighted by Gasteiger charge is 2.36. The number of carbonyl (C=O) groups is 2. The van der Waals surface area contributed by atoms with Crippen molar-refractivity contribution in [1.29, 1.82) is 0 Å². The number of nitrogens with zero attached hydrogens (tertiary/aromatic N) is 3. The second-order valence-electron chi connectivity index (χ2n) is 7.02. The third-order valence-corrected chi connectivity index (χ3v) is 5.25. The number of likely N-dealkylation sites (tertiary alicyclic amines) is 1. The molecule has 2 aromatic rings. The summed E-state index contributed by atoms with van der Waals surface area (Å²) in [5.74, 6) is -0.815. The lowest BCUT2D eigenvalue weighted by atomic mass is 9.87. The zero-order valence-electron chi connectivity index (χ0n) is 15.9. The summed E-state index contributed by atoms with van der Waals surface area (Å²) in [4.78, 5) is 41.3. The minimum absolute atomic E-state index is 0.140. The first-order valence-electron chi connectivity index (χ1n) is 9.62. The number of amides is 1. The number of aliphatic carboxylic acids is 1. The van der Waals surface area contributed by atoms with Gasteiger partial charge in [0, 0.05) is 13.1 Å². The van der Waals surface area contributed by atoms with Crippen LogP contribution in [-0.2, 0) is 16.1 Å². The normalized spacial score (nSPS) is 19.5. The molecule has 0 spiro atoms. The SMILES string of the molecule is CCOC(=O)N1CCC(CCCn2c(=O)cnc3ccccc32)CC1C(=O)O. The van der Waals surface area contributed by atoms with Gasteiger partial charge in [0.05, 0.1) is 23.8 Å². The van der Waals surface area contributed by atoms with Gasteiger partial charge < -0.3 is 14.4 Å². The summed E-state index contributed by atoms with van der Waals surface area (Å²) in [6.07, 6.45) is 3.45. The molecule has 3 rings (SSSR count). The van der Waals surface area contributed by atoms with Crippen LogP contribution < -0.4 is 5.56 Å². The fourth-order valence-electron chi connectivity index (χ4n) is 3.84. The molecule has 28 heavy (non-hydrogen) atoms. The Labute approximate surface area is 162 Å². The van der Waals surface area contributed by atoms with Crippen molar-refractivity contribution in [3.05, 3.63) is 40.8 Å². The number of carboxylic acid groups (broad SMARTS) is 1. The summed E-state index contributed by atoms with van der Waals surface area (Å²) in [6.45, 7) is 2.85. The van der Waals surface area contributed by atoms with Gasteiger partial charge in [0.1, 0.15) is 6.04 Å². The lowest BCUT2D eigenvalue weighted by molar-refractivity contribution is -0.144. The smallest absolute Gasteiger partial charge is 0.410 e. The Balaban J connectivity index is 1.62. The Morgan fingerprint density at radius 1 is 1.32 bits per heavy atom. The van der Waals surface area contributed by atoms with E-state index in [0.29, 0.717) is 19.5 Å². The van der Waals surface area contributed by atoms with Crippen LogP contribution in [0.25, 0.3) is 11.0 Å². The van der Waals surface area contributed by atoms with Gasteiger partial charge >= 0.3 is 12.1 Å². The van der Waals surface area contributed by atoms with Crippen LogP contribution >= 0.6 is 0 Å². The number of hydrogen-bond donors (Lipinski definition) is 1. The highest BCUT2D eigenvalue weighted by Crippen LogP contribution is 2.27. The van der Waals surface area contributed by atoms with Gasteiger partial charge in [-0.3, -0.25) is 9.69 Å². The first-order chi connectivity index (χ1) is 13.5. The Morgan fingerprint density at radius 3 is 2.86 bits per heavy atom. The monoisotopic (exact) mass is 387 g/mol. The van der Waals surface area contributed by atoms with Crippen LogP contribution in [0.3, 0.4) is 0 Å². The molecule has 2 heterocycles. The Bertz CT molecular complexity index is 910. The average Bonchev–Trinajstić information content (AvgIpc) is 2.69. The molecule has 8 nitrogen and oxygen atoms in total. The van der Waals surface area contributed by atoms with E-state index in [1.165, 1.54) is 11.1 Å². The summed E-state index contributed by atoms with van der Waals surface area (Å²) in [5.41, 5.74) is 1.44. The second-order valence-corrected chi connectivity index (χ2v) is 7.02. The number of carboxylic acids is 1. The fourth-order valence-corrected chi connectivity index (χ4v) is 3.84. The van der Waals surface area contributed by atoms with E-state index in [-0.39, 0.29) is 18.1 Å².